The van der Waals surface area contributed by atoms with E-state index in [9.17, 15) is 0 Å². The number of rotatable bonds is 3. The molecule has 0 atom stereocenters. The Hall–Kier alpha value is 0.0500. The highest BCUT2D eigenvalue weighted by Crippen LogP contribution is 2.21. The summed E-state index contributed by atoms with van der Waals surface area (Å²) in [6.07, 6.45) is 1.15. The molecule has 0 amide bonds. The van der Waals surface area contributed by atoms with Crippen LogP contribution in [0.5, 0.6) is 0 Å². The van der Waals surface area contributed by atoms with E-state index >= 15 is 0 Å². The van der Waals surface area contributed by atoms with Crippen molar-refractivity contribution in [2.75, 3.05) is 14.1 Å². The molecule has 0 spiro atoms. The number of quaternary nitrogens is 1. The smallest absolute Gasteiger partial charge is 0.161 e. The van der Waals surface area contributed by atoms with Gasteiger partial charge >= 0.3 is 0 Å². The Morgan fingerprint density at radius 1 is 1.40 bits per heavy atom. The summed E-state index contributed by atoms with van der Waals surface area (Å²) in [6, 6.07) is 0. The van der Waals surface area contributed by atoms with Gasteiger partial charge in [0.15, 0.2) is 5.49 Å². The summed E-state index contributed by atoms with van der Waals surface area (Å²) >= 11 is 4.95. The molecule has 2 heteroatoms. The molecule has 0 heterocycles. The van der Waals surface area contributed by atoms with E-state index in [1.807, 2.05) is 5.49 Å². The van der Waals surface area contributed by atoms with Gasteiger partial charge < -0.3 is 0 Å². The van der Waals surface area contributed by atoms with Gasteiger partial charge in [0.2, 0.25) is 0 Å². The number of thiocarbonyl (C=S) groups is 1. The zero-order valence-corrected chi connectivity index (χ0v) is 8.46. The maximum Gasteiger partial charge on any atom is 0.161 e. The highest BCUT2D eigenvalue weighted by atomic mass is 32.1. The first-order valence-electron chi connectivity index (χ1n) is 3.67. The molecular weight excluding hydrogens is 142 g/mol. The Morgan fingerprint density at radius 3 is 1.90 bits per heavy atom. The second kappa shape index (κ2) is 2.97. The van der Waals surface area contributed by atoms with Crippen molar-refractivity contribution in [2.45, 2.75) is 32.7 Å². The van der Waals surface area contributed by atoms with Crippen molar-refractivity contribution in [2.24, 2.45) is 0 Å². The predicted molar refractivity (Wildman–Crippen MR) is 50.1 cm³/mol. The van der Waals surface area contributed by atoms with Gasteiger partial charge in [0, 0.05) is 0 Å². The third-order valence-corrected chi connectivity index (χ3v) is 3.22. The monoisotopic (exact) mass is 160 g/mol. The number of hydrogen-bond acceptors (Lipinski definition) is 1. The van der Waals surface area contributed by atoms with E-state index < -0.39 is 0 Å². The summed E-state index contributed by atoms with van der Waals surface area (Å²) in [6.45, 7) is 6.66. The minimum absolute atomic E-state index is 0.266. The molecule has 0 aliphatic heterocycles. The second-order valence-electron chi connectivity index (χ2n) is 3.81. The normalized spacial score (nSPS) is 13.3. The van der Waals surface area contributed by atoms with Gasteiger partial charge in [-0.15, -0.1) is 0 Å². The van der Waals surface area contributed by atoms with Crippen LogP contribution in [0.3, 0.4) is 0 Å². The summed E-state index contributed by atoms with van der Waals surface area (Å²) in [4.78, 5) is 0. The van der Waals surface area contributed by atoms with Crippen LogP contribution in [0.2, 0.25) is 0 Å². The fourth-order valence-electron chi connectivity index (χ4n) is 0.550. The molecule has 0 aliphatic rings. The number of nitrogens with zero attached hydrogens (tertiary/aromatic N) is 1. The Morgan fingerprint density at radius 2 is 1.80 bits per heavy atom. The van der Waals surface area contributed by atoms with E-state index in [0.29, 0.717) is 0 Å². The molecule has 0 aliphatic carbocycles. The van der Waals surface area contributed by atoms with Gasteiger partial charge in [0.25, 0.3) is 0 Å². The molecule has 0 aromatic carbocycles. The molecule has 0 saturated carbocycles. The lowest BCUT2D eigenvalue weighted by atomic mass is 9.98. The minimum Gasteiger partial charge on any atom is -0.288 e. The summed E-state index contributed by atoms with van der Waals surface area (Å²) in [5.74, 6) is 0. The van der Waals surface area contributed by atoms with Crippen molar-refractivity contribution < 1.29 is 4.48 Å². The van der Waals surface area contributed by atoms with Crippen LogP contribution in [-0.4, -0.2) is 29.6 Å². The molecule has 0 fully saturated rings. The zero-order valence-electron chi connectivity index (χ0n) is 7.64. The first-order valence-corrected chi connectivity index (χ1v) is 4.14. The quantitative estimate of drug-likeness (QED) is 0.450. The molecule has 60 valence electrons. The standard InChI is InChI=1S/C8H18NS/c1-6-8(2,3)9(4,5)7-10/h7H,6H2,1-5H3/q+1. The van der Waals surface area contributed by atoms with Gasteiger partial charge in [-0.1, -0.05) is 6.92 Å². The van der Waals surface area contributed by atoms with E-state index in [4.69, 9.17) is 12.2 Å². The summed E-state index contributed by atoms with van der Waals surface area (Å²) in [5.41, 5.74) is 2.09. The largest absolute Gasteiger partial charge is 0.288 e. The lowest BCUT2D eigenvalue weighted by Crippen LogP contribution is -2.54. The van der Waals surface area contributed by atoms with E-state index in [1.54, 1.807) is 0 Å². The van der Waals surface area contributed by atoms with Crippen LogP contribution in [0.15, 0.2) is 0 Å². The molecular formula is C8H18NS+. The maximum absolute atomic E-state index is 4.95. The molecule has 0 aromatic rings. The van der Waals surface area contributed by atoms with E-state index in [2.05, 4.69) is 34.9 Å². The molecule has 0 rings (SSSR count). The third-order valence-electron chi connectivity index (χ3n) is 2.69. The predicted octanol–water partition coefficient (Wildman–Crippen LogP) is 2.21. The Labute approximate surface area is 69.6 Å². The molecule has 1 nitrogen and oxygen atoms in total. The summed E-state index contributed by atoms with van der Waals surface area (Å²) in [7, 11) is 4.27. The van der Waals surface area contributed by atoms with E-state index in [-0.39, 0.29) is 5.54 Å². The van der Waals surface area contributed by atoms with Gasteiger partial charge in [-0.25, -0.2) is 0 Å². The Balaban J connectivity index is 4.43. The Kier molecular flexibility index (Phi) is 2.99. The van der Waals surface area contributed by atoms with Crippen molar-refractivity contribution in [1.29, 1.82) is 0 Å². The fraction of sp³-hybridized carbons (Fsp3) is 0.875. The Bertz CT molecular complexity index is 127. The second-order valence-corrected chi connectivity index (χ2v) is 4.02. The first kappa shape index (κ1) is 10.0. The van der Waals surface area contributed by atoms with Crippen molar-refractivity contribution in [3.8, 4) is 0 Å². The fourth-order valence-corrected chi connectivity index (χ4v) is 0.836. The van der Waals surface area contributed by atoms with Crippen LogP contribution in [-0.2, 0) is 0 Å². The lowest BCUT2D eigenvalue weighted by molar-refractivity contribution is -0.844. The van der Waals surface area contributed by atoms with Crippen molar-refractivity contribution in [3.05, 3.63) is 0 Å². The molecule has 0 aromatic heterocycles. The van der Waals surface area contributed by atoms with Crippen LogP contribution in [0.4, 0.5) is 0 Å². The van der Waals surface area contributed by atoms with Crippen molar-refractivity contribution in [3.63, 3.8) is 0 Å². The molecule has 0 radical (unpaired) electrons. The van der Waals surface area contributed by atoms with Gasteiger partial charge in [-0.3, -0.25) is 4.48 Å². The molecule has 0 N–H and O–H groups in total. The molecule has 0 bridgehead atoms. The SMILES string of the molecule is CCC(C)(C)[N+](C)(C)C=S. The van der Waals surface area contributed by atoms with Crippen LogP contribution >= 0.6 is 12.2 Å². The van der Waals surface area contributed by atoms with Gasteiger partial charge in [-0.2, -0.15) is 0 Å². The highest BCUT2D eigenvalue weighted by Gasteiger charge is 2.32. The topological polar surface area (TPSA) is 0 Å². The summed E-state index contributed by atoms with van der Waals surface area (Å²) in [5, 5.41) is 0. The number of hydrogen-bond donors (Lipinski definition) is 0. The van der Waals surface area contributed by atoms with Gasteiger partial charge in [0.05, 0.1) is 19.6 Å². The zero-order chi connectivity index (χ0) is 8.41. The average molecular weight is 160 g/mol. The first-order chi connectivity index (χ1) is 4.37. The average Bonchev–Trinajstić information content (AvgIpc) is 1.88. The van der Waals surface area contributed by atoms with E-state index in [1.165, 1.54) is 0 Å². The summed E-state index contributed by atoms with van der Waals surface area (Å²) < 4.78 is 0.804. The van der Waals surface area contributed by atoms with Crippen LogP contribution < -0.4 is 0 Å². The lowest BCUT2D eigenvalue weighted by Gasteiger charge is -2.39. The molecule has 0 unspecified atom stereocenters. The highest BCUT2D eigenvalue weighted by molar-refractivity contribution is 7.78. The molecule has 0 saturated heterocycles. The van der Waals surface area contributed by atoms with Crippen LogP contribution in [0.25, 0.3) is 0 Å². The van der Waals surface area contributed by atoms with Gasteiger partial charge in [0.1, 0.15) is 0 Å². The van der Waals surface area contributed by atoms with Crippen molar-refractivity contribution >= 4 is 17.7 Å². The van der Waals surface area contributed by atoms with Crippen molar-refractivity contribution in [1.82, 2.24) is 0 Å². The molecule has 10 heavy (non-hydrogen) atoms. The van der Waals surface area contributed by atoms with Crippen LogP contribution in [0, 0.1) is 0 Å². The van der Waals surface area contributed by atoms with Gasteiger partial charge in [-0.05, 0) is 32.5 Å². The maximum atomic E-state index is 4.95. The minimum atomic E-state index is 0.266. The van der Waals surface area contributed by atoms with E-state index in [0.717, 1.165) is 10.9 Å². The third kappa shape index (κ3) is 1.77. The van der Waals surface area contributed by atoms with Crippen LogP contribution in [0.1, 0.15) is 27.2 Å².